The predicted octanol–water partition coefficient (Wildman–Crippen LogP) is 2.70. The number of guanidine groups is 1. The van der Waals surface area contributed by atoms with Crippen LogP contribution in [0.1, 0.15) is 47.5 Å². The lowest BCUT2D eigenvalue weighted by molar-refractivity contribution is 0.136. The van der Waals surface area contributed by atoms with Gasteiger partial charge in [0, 0.05) is 45.4 Å². The summed E-state index contributed by atoms with van der Waals surface area (Å²) in [6.07, 6.45) is 2.31. The van der Waals surface area contributed by atoms with Gasteiger partial charge < -0.3 is 15.4 Å². The lowest BCUT2D eigenvalue weighted by Gasteiger charge is -2.30. The van der Waals surface area contributed by atoms with E-state index in [2.05, 4.69) is 55.1 Å². The molecule has 0 radical (unpaired) electrons. The summed E-state index contributed by atoms with van der Waals surface area (Å²) in [4.78, 5) is 6.70. The molecule has 0 rings (SSSR count). The zero-order chi connectivity index (χ0) is 16.1. The van der Waals surface area contributed by atoms with E-state index < -0.39 is 0 Å². The Morgan fingerprint density at radius 2 is 1.64 bits per heavy atom. The highest BCUT2D eigenvalue weighted by molar-refractivity contribution is 14.0. The summed E-state index contributed by atoms with van der Waals surface area (Å²) in [6, 6.07) is 1.13. The lowest BCUT2D eigenvalue weighted by atomic mass is 10.2. The molecular weight excluding hydrogens is 391 g/mol. The first-order chi connectivity index (χ1) is 10.0. The van der Waals surface area contributed by atoms with Gasteiger partial charge in [0.2, 0.25) is 0 Å². The van der Waals surface area contributed by atoms with E-state index in [1.807, 2.05) is 0 Å². The standard InChI is InChI=1S/C16H36N4O.HI/c1-7-8-12-21-13-10-19-16(17-6)18-9-11-20(14(2)3)15(4)5;/h14-15H,7-13H2,1-6H3,(H2,17,18,19);1H. The number of unbranched alkanes of at least 4 members (excludes halogenated alkanes) is 1. The average molecular weight is 428 g/mol. The molecule has 5 nitrogen and oxygen atoms in total. The van der Waals surface area contributed by atoms with Crippen LogP contribution >= 0.6 is 24.0 Å². The molecule has 22 heavy (non-hydrogen) atoms. The van der Waals surface area contributed by atoms with Crippen LogP contribution in [0.25, 0.3) is 0 Å². The third-order valence-corrected chi connectivity index (χ3v) is 3.39. The van der Waals surface area contributed by atoms with Gasteiger partial charge in [0.25, 0.3) is 0 Å². The maximum absolute atomic E-state index is 5.52. The fourth-order valence-corrected chi connectivity index (χ4v) is 2.23. The number of ether oxygens (including phenoxy) is 1. The van der Waals surface area contributed by atoms with E-state index in [1.54, 1.807) is 7.05 Å². The minimum Gasteiger partial charge on any atom is -0.380 e. The fourth-order valence-electron chi connectivity index (χ4n) is 2.23. The van der Waals surface area contributed by atoms with Crippen LogP contribution in [0.4, 0.5) is 0 Å². The van der Waals surface area contributed by atoms with E-state index in [-0.39, 0.29) is 24.0 Å². The Bertz CT molecular complexity index is 265. The highest BCUT2D eigenvalue weighted by Crippen LogP contribution is 2.03. The summed E-state index contributed by atoms with van der Waals surface area (Å²) in [6.45, 7) is 15.4. The summed E-state index contributed by atoms with van der Waals surface area (Å²) in [5, 5.41) is 6.63. The van der Waals surface area contributed by atoms with Crippen molar-refractivity contribution in [3.05, 3.63) is 0 Å². The summed E-state index contributed by atoms with van der Waals surface area (Å²) in [5.74, 6) is 0.849. The van der Waals surface area contributed by atoms with Gasteiger partial charge in [-0.1, -0.05) is 13.3 Å². The second kappa shape index (κ2) is 15.8. The number of nitrogens with zero attached hydrogens (tertiary/aromatic N) is 2. The van der Waals surface area contributed by atoms with Crippen molar-refractivity contribution in [1.82, 2.24) is 15.5 Å². The zero-order valence-corrected chi connectivity index (χ0v) is 17.6. The zero-order valence-electron chi connectivity index (χ0n) is 15.3. The molecule has 0 aromatic heterocycles. The Morgan fingerprint density at radius 3 is 2.14 bits per heavy atom. The first-order valence-electron chi connectivity index (χ1n) is 8.30. The van der Waals surface area contributed by atoms with Crippen LogP contribution in [0.3, 0.4) is 0 Å². The van der Waals surface area contributed by atoms with Crippen molar-refractivity contribution in [3.63, 3.8) is 0 Å². The molecule has 2 N–H and O–H groups in total. The monoisotopic (exact) mass is 428 g/mol. The normalized spacial score (nSPS) is 12.0. The number of halogens is 1. The number of nitrogens with one attached hydrogen (secondary N) is 2. The van der Waals surface area contributed by atoms with Crippen molar-refractivity contribution in [2.75, 3.05) is 39.9 Å². The molecule has 0 fully saturated rings. The third-order valence-electron chi connectivity index (χ3n) is 3.39. The molecule has 0 saturated carbocycles. The maximum atomic E-state index is 5.52. The Morgan fingerprint density at radius 1 is 1.05 bits per heavy atom. The molecule has 0 aliphatic heterocycles. The largest absolute Gasteiger partial charge is 0.380 e. The maximum Gasteiger partial charge on any atom is 0.191 e. The van der Waals surface area contributed by atoms with Crippen molar-refractivity contribution in [2.24, 2.45) is 4.99 Å². The lowest BCUT2D eigenvalue weighted by Crippen LogP contribution is -2.45. The van der Waals surface area contributed by atoms with Crippen molar-refractivity contribution >= 4 is 29.9 Å². The van der Waals surface area contributed by atoms with Crippen molar-refractivity contribution < 1.29 is 4.74 Å². The molecular formula is C16H37IN4O. The Labute approximate surface area is 154 Å². The van der Waals surface area contributed by atoms with Crippen LogP contribution in [-0.2, 0) is 4.74 Å². The fraction of sp³-hybridized carbons (Fsp3) is 0.938. The molecule has 0 amide bonds. The van der Waals surface area contributed by atoms with Gasteiger partial charge in [-0.05, 0) is 34.1 Å². The highest BCUT2D eigenvalue weighted by Gasteiger charge is 2.12. The Balaban J connectivity index is 0. The average Bonchev–Trinajstić information content (AvgIpc) is 2.43. The third kappa shape index (κ3) is 12.5. The van der Waals surface area contributed by atoms with E-state index in [0.29, 0.717) is 12.1 Å². The van der Waals surface area contributed by atoms with Crippen molar-refractivity contribution in [3.8, 4) is 0 Å². The molecule has 0 unspecified atom stereocenters. The molecule has 0 heterocycles. The molecule has 0 spiro atoms. The molecule has 0 bridgehead atoms. The highest BCUT2D eigenvalue weighted by atomic mass is 127. The van der Waals surface area contributed by atoms with Gasteiger partial charge >= 0.3 is 0 Å². The summed E-state index contributed by atoms with van der Waals surface area (Å²) in [7, 11) is 1.80. The molecule has 6 heteroatoms. The van der Waals surface area contributed by atoms with Crippen LogP contribution in [0.15, 0.2) is 4.99 Å². The van der Waals surface area contributed by atoms with Gasteiger partial charge in [-0.25, -0.2) is 0 Å². The van der Waals surface area contributed by atoms with Crippen LogP contribution in [0.2, 0.25) is 0 Å². The van der Waals surface area contributed by atoms with E-state index in [0.717, 1.165) is 45.2 Å². The molecule has 0 aliphatic carbocycles. The molecule has 0 aliphatic rings. The number of hydrogen-bond donors (Lipinski definition) is 2. The number of rotatable bonds is 11. The van der Waals surface area contributed by atoms with Crippen molar-refractivity contribution in [2.45, 2.75) is 59.5 Å². The summed E-state index contributed by atoms with van der Waals surface area (Å²) < 4.78 is 5.52. The van der Waals surface area contributed by atoms with Crippen LogP contribution in [0.5, 0.6) is 0 Å². The minimum absolute atomic E-state index is 0. The van der Waals surface area contributed by atoms with Gasteiger partial charge in [0.1, 0.15) is 0 Å². The van der Waals surface area contributed by atoms with E-state index >= 15 is 0 Å². The van der Waals surface area contributed by atoms with E-state index in [4.69, 9.17) is 4.74 Å². The number of hydrogen-bond acceptors (Lipinski definition) is 3. The summed E-state index contributed by atoms with van der Waals surface area (Å²) in [5.41, 5.74) is 0. The Kier molecular flexibility index (Phi) is 17.4. The molecule has 134 valence electrons. The second-order valence-electron chi connectivity index (χ2n) is 5.82. The minimum atomic E-state index is 0. The van der Waals surface area contributed by atoms with Gasteiger partial charge in [0.15, 0.2) is 5.96 Å². The quantitative estimate of drug-likeness (QED) is 0.230. The molecule has 0 atom stereocenters. The van der Waals surface area contributed by atoms with Crippen LogP contribution < -0.4 is 10.6 Å². The molecule has 0 aromatic carbocycles. The first-order valence-corrected chi connectivity index (χ1v) is 8.30. The topological polar surface area (TPSA) is 48.9 Å². The van der Waals surface area contributed by atoms with Gasteiger partial charge in [-0.15, -0.1) is 24.0 Å². The summed E-state index contributed by atoms with van der Waals surface area (Å²) >= 11 is 0. The van der Waals surface area contributed by atoms with Crippen molar-refractivity contribution in [1.29, 1.82) is 0 Å². The predicted molar refractivity (Wildman–Crippen MR) is 107 cm³/mol. The first kappa shape index (κ1) is 24.2. The van der Waals surface area contributed by atoms with Gasteiger partial charge in [-0.3, -0.25) is 9.89 Å². The second-order valence-corrected chi connectivity index (χ2v) is 5.82. The number of aliphatic imine (C=N–C) groups is 1. The SMILES string of the molecule is CCCCOCCNC(=NC)NCCN(C(C)C)C(C)C.I. The smallest absolute Gasteiger partial charge is 0.191 e. The van der Waals surface area contributed by atoms with Gasteiger partial charge in [0.05, 0.1) is 6.61 Å². The molecule has 0 saturated heterocycles. The van der Waals surface area contributed by atoms with E-state index in [9.17, 15) is 0 Å². The molecule has 0 aromatic rings. The van der Waals surface area contributed by atoms with Crippen LogP contribution in [0, 0.1) is 0 Å². The van der Waals surface area contributed by atoms with Gasteiger partial charge in [-0.2, -0.15) is 0 Å². The Hall–Kier alpha value is -0.0800. The van der Waals surface area contributed by atoms with Crippen LogP contribution in [-0.4, -0.2) is 62.8 Å². The van der Waals surface area contributed by atoms with E-state index in [1.165, 1.54) is 6.42 Å².